The van der Waals surface area contributed by atoms with Crippen molar-refractivity contribution >= 4 is 35.1 Å². The molecule has 2 aromatic rings. The number of benzene rings is 1. The predicted molar refractivity (Wildman–Crippen MR) is 98.0 cm³/mol. The van der Waals surface area contributed by atoms with E-state index in [2.05, 4.69) is 9.97 Å². The number of carbonyl (C=O) groups is 2. The molecule has 0 bridgehead atoms. The second kappa shape index (κ2) is 6.83. The van der Waals surface area contributed by atoms with Crippen LogP contribution in [0.2, 0.25) is 0 Å². The van der Waals surface area contributed by atoms with Gasteiger partial charge in [0, 0.05) is 6.54 Å². The van der Waals surface area contributed by atoms with Crippen molar-refractivity contribution in [2.45, 2.75) is 51.7 Å². The molecule has 3 rings (SSSR count). The zero-order chi connectivity index (χ0) is 19.1. The minimum absolute atomic E-state index is 0.155. The van der Waals surface area contributed by atoms with Crippen molar-refractivity contribution in [2.24, 2.45) is 0 Å². The summed E-state index contributed by atoms with van der Waals surface area (Å²) >= 11 is 5.05. The van der Waals surface area contributed by atoms with E-state index in [4.69, 9.17) is 17.0 Å². The number of imidazole rings is 1. The Morgan fingerprint density at radius 3 is 2.69 bits per heavy atom. The van der Waals surface area contributed by atoms with Crippen LogP contribution in [-0.2, 0) is 9.53 Å². The van der Waals surface area contributed by atoms with Crippen molar-refractivity contribution < 1.29 is 18.7 Å². The quantitative estimate of drug-likeness (QED) is 0.616. The average molecular weight is 379 g/mol. The van der Waals surface area contributed by atoms with E-state index in [0.29, 0.717) is 28.8 Å². The first-order valence-electron chi connectivity index (χ1n) is 8.61. The summed E-state index contributed by atoms with van der Waals surface area (Å²) in [5, 5.41) is 0. The number of nitrogens with one attached hydrogen (secondary N) is 2. The van der Waals surface area contributed by atoms with Gasteiger partial charge in [-0.25, -0.2) is 9.18 Å². The third-order valence-electron chi connectivity index (χ3n) is 4.26. The van der Waals surface area contributed by atoms with Gasteiger partial charge in [-0.1, -0.05) is 0 Å². The number of carbonyl (C=O) groups excluding carboxylic acids is 2. The van der Waals surface area contributed by atoms with E-state index in [9.17, 15) is 14.0 Å². The number of nitrogens with zero attached hydrogens (tertiary/aromatic N) is 1. The third kappa shape index (κ3) is 3.80. The average Bonchev–Trinajstić information content (AvgIpc) is 2.91. The van der Waals surface area contributed by atoms with Gasteiger partial charge in [-0.2, -0.15) is 0 Å². The van der Waals surface area contributed by atoms with Gasteiger partial charge in [0.05, 0.1) is 16.6 Å². The number of fused-ring (bicyclic) bond motifs is 1. The highest BCUT2D eigenvalue weighted by molar-refractivity contribution is 7.71. The van der Waals surface area contributed by atoms with Crippen molar-refractivity contribution in [3.63, 3.8) is 0 Å². The number of aromatic nitrogens is 2. The number of halogens is 1. The smallest absolute Gasteiger partial charge is 0.329 e. The fourth-order valence-electron chi connectivity index (χ4n) is 3.22. The SMILES string of the molecule is CC(C)(C)OC(=O)C1CCCCN1C(=O)c1cc(F)cc2[nH]c(=S)[nH]c12. The predicted octanol–water partition coefficient (Wildman–Crippen LogP) is 3.70. The van der Waals surface area contributed by atoms with Gasteiger partial charge < -0.3 is 19.6 Å². The van der Waals surface area contributed by atoms with Crippen LogP contribution in [0.15, 0.2) is 12.1 Å². The first kappa shape index (κ1) is 18.6. The molecule has 0 saturated carbocycles. The lowest BCUT2D eigenvalue weighted by molar-refractivity contribution is -0.161. The number of amides is 1. The van der Waals surface area contributed by atoms with Crippen molar-refractivity contribution in [3.8, 4) is 0 Å². The van der Waals surface area contributed by atoms with E-state index in [1.54, 1.807) is 20.8 Å². The first-order chi connectivity index (χ1) is 12.2. The van der Waals surface area contributed by atoms with Crippen LogP contribution < -0.4 is 0 Å². The van der Waals surface area contributed by atoms with E-state index in [1.807, 2.05) is 0 Å². The molecular weight excluding hydrogens is 357 g/mol. The Bertz CT molecular complexity index is 913. The van der Waals surface area contributed by atoms with Gasteiger partial charge in [0.15, 0.2) is 4.77 Å². The van der Waals surface area contributed by atoms with Crippen LogP contribution in [0.1, 0.15) is 50.4 Å². The monoisotopic (exact) mass is 379 g/mol. The minimum Gasteiger partial charge on any atom is -0.458 e. The number of aromatic amines is 2. The van der Waals surface area contributed by atoms with Gasteiger partial charge in [-0.05, 0) is 64.4 Å². The molecule has 1 aliphatic heterocycles. The fraction of sp³-hybridized carbons (Fsp3) is 0.500. The normalized spacial score (nSPS) is 18.2. The molecular formula is C18H22FN3O3S. The number of hydrogen-bond acceptors (Lipinski definition) is 4. The molecule has 0 radical (unpaired) electrons. The van der Waals surface area contributed by atoms with Crippen LogP contribution in [0.5, 0.6) is 0 Å². The zero-order valence-corrected chi connectivity index (χ0v) is 15.8. The Labute approximate surface area is 155 Å². The molecule has 0 aliphatic carbocycles. The Morgan fingerprint density at radius 1 is 1.27 bits per heavy atom. The van der Waals surface area contributed by atoms with E-state index < -0.39 is 29.3 Å². The van der Waals surface area contributed by atoms with Crippen LogP contribution in [0.4, 0.5) is 4.39 Å². The summed E-state index contributed by atoms with van der Waals surface area (Å²) in [6, 6.07) is 1.78. The summed E-state index contributed by atoms with van der Waals surface area (Å²) in [5.41, 5.74) is 0.378. The summed E-state index contributed by atoms with van der Waals surface area (Å²) in [4.78, 5) is 32.9. The maximum Gasteiger partial charge on any atom is 0.329 e. The Balaban J connectivity index is 1.97. The maximum atomic E-state index is 14.0. The lowest BCUT2D eigenvalue weighted by atomic mass is 10.00. The van der Waals surface area contributed by atoms with Crippen LogP contribution in [0.25, 0.3) is 11.0 Å². The Morgan fingerprint density at radius 2 is 2.00 bits per heavy atom. The lowest BCUT2D eigenvalue weighted by Gasteiger charge is -2.35. The summed E-state index contributed by atoms with van der Waals surface area (Å²) in [6.07, 6.45) is 2.15. The summed E-state index contributed by atoms with van der Waals surface area (Å²) in [6.45, 7) is 5.79. The molecule has 26 heavy (non-hydrogen) atoms. The second-order valence-corrected chi connectivity index (χ2v) is 7.91. The van der Waals surface area contributed by atoms with Gasteiger partial charge in [0.1, 0.15) is 17.5 Å². The van der Waals surface area contributed by atoms with Crippen LogP contribution in [0, 0.1) is 10.6 Å². The molecule has 2 heterocycles. The Hall–Kier alpha value is -2.22. The molecule has 1 aliphatic rings. The van der Waals surface area contributed by atoms with Crippen molar-refractivity contribution in [1.82, 2.24) is 14.9 Å². The van der Waals surface area contributed by atoms with Gasteiger partial charge in [-0.3, -0.25) is 4.79 Å². The number of H-pyrrole nitrogens is 2. The molecule has 6 nitrogen and oxygen atoms in total. The number of esters is 1. The van der Waals surface area contributed by atoms with E-state index in [0.717, 1.165) is 12.8 Å². The highest BCUT2D eigenvalue weighted by Crippen LogP contribution is 2.26. The molecule has 8 heteroatoms. The molecule has 140 valence electrons. The van der Waals surface area contributed by atoms with Gasteiger partial charge in [0.25, 0.3) is 5.91 Å². The first-order valence-corrected chi connectivity index (χ1v) is 9.02. The Kier molecular flexibility index (Phi) is 4.88. The van der Waals surface area contributed by atoms with E-state index in [-0.39, 0.29) is 5.56 Å². The van der Waals surface area contributed by atoms with Crippen molar-refractivity contribution in [1.29, 1.82) is 0 Å². The number of rotatable bonds is 2. The minimum atomic E-state index is -0.671. The lowest BCUT2D eigenvalue weighted by Crippen LogP contribution is -2.50. The van der Waals surface area contributed by atoms with E-state index >= 15 is 0 Å². The highest BCUT2D eigenvalue weighted by Gasteiger charge is 2.36. The van der Waals surface area contributed by atoms with Crippen molar-refractivity contribution in [2.75, 3.05) is 6.54 Å². The highest BCUT2D eigenvalue weighted by atomic mass is 32.1. The summed E-state index contributed by atoms with van der Waals surface area (Å²) < 4.78 is 19.8. The number of ether oxygens (including phenoxy) is 1. The molecule has 1 fully saturated rings. The zero-order valence-electron chi connectivity index (χ0n) is 15.0. The molecule has 1 unspecified atom stereocenters. The van der Waals surface area contributed by atoms with Crippen molar-refractivity contribution in [3.05, 3.63) is 28.3 Å². The number of likely N-dealkylation sites (tertiary alicyclic amines) is 1. The number of piperidine rings is 1. The molecule has 1 aromatic heterocycles. The maximum absolute atomic E-state index is 14.0. The topological polar surface area (TPSA) is 78.2 Å². The molecule has 2 N–H and O–H groups in total. The van der Waals surface area contributed by atoms with Gasteiger partial charge in [0.2, 0.25) is 0 Å². The van der Waals surface area contributed by atoms with Gasteiger partial charge >= 0.3 is 5.97 Å². The largest absolute Gasteiger partial charge is 0.458 e. The standard InChI is InChI=1S/C18H22FN3O3S/c1-18(2,3)25-16(24)13-6-4-5-7-22(13)15(23)11-8-10(19)9-12-14(11)21-17(26)20-12/h8-9,13H,4-7H2,1-3H3,(H2,20,21,26). The molecule has 1 amide bonds. The van der Waals surface area contributed by atoms with E-state index in [1.165, 1.54) is 17.0 Å². The van der Waals surface area contributed by atoms with Gasteiger partial charge in [-0.15, -0.1) is 0 Å². The van der Waals surface area contributed by atoms with Crippen LogP contribution in [-0.4, -0.2) is 44.9 Å². The number of hydrogen-bond donors (Lipinski definition) is 2. The summed E-state index contributed by atoms with van der Waals surface area (Å²) in [7, 11) is 0. The molecule has 1 atom stereocenters. The second-order valence-electron chi connectivity index (χ2n) is 7.50. The molecule has 1 saturated heterocycles. The third-order valence-corrected chi connectivity index (χ3v) is 4.47. The molecule has 1 aromatic carbocycles. The molecule has 0 spiro atoms. The van der Waals surface area contributed by atoms with Crippen LogP contribution >= 0.6 is 12.2 Å². The fourth-order valence-corrected chi connectivity index (χ4v) is 3.43. The van der Waals surface area contributed by atoms with Crippen LogP contribution in [0.3, 0.4) is 0 Å². The summed E-state index contributed by atoms with van der Waals surface area (Å²) in [5.74, 6) is -1.38.